The number of para-hydroxylation sites is 1. The minimum absolute atomic E-state index is 0.221. The number of fused-ring (bicyclic) bond motifs is 6. The van der Waals surface area contributed by atoms with Crippen LogP contribution in [0, 0.1) is 5.92 Å². The number of nitrogens with zero attached hydrogens (tertiary/aromatic N) is 6. The first-order chi connectivity index (χ1) is 39.5. The fourth-order valence-corrected chi connectivity index (χ4v) is 12.0. The van der Waals surface area contributed by atoms with Gasteiger partial charge in [-0.05, 0) is 124 Å². The number of aromatic nitrogens is 4. The maximum Gasteiger partial charge on any atom is 0.164 e. The molecule has 0 amide bonds. The van der Waals surface area contributed by atoms with E-state index in [0.29, 0.717) is 23.4 Å². The molecule has 0 radical (unpaired) electrons. The molecule has 3 heterocycles. The molecule has 2 unspecified atom stereocenters. The van der Waals surface area contributed by atoms with E-state index in [1.807, 2.05) is 60.7 Å². The third-order valence-corrected chi connectivity index (χ3v) is 16.0. The molecule has 10 aromatic carbocycles. The summed E-state index contributed by atoms with van der Waals surface area (Å²) in [5.74, 6) is 3.24. The van der Waals surface area contributed by atoms with E-state index in [1.54, 1.807) is 0 Å². The lowest BCUT2D eigenvalue weighted by Crippen LogP contribution is -2.17. The molecule has 12 aromatic rings. The van der Waals surface area contributed by atoms with Crippen molar-refractivity contribution in [2.45, 2.75) is 38.5 Å². The Morgan fingerprint density at radius 1 is 0.425 bits per heavy atom. The molecule has 0 saturated heterocycles. The van der Waals surface area contributed by atoms with Gasteiger partial charge in [0.2, 0.25) is 0 Å². The molecule has 6 heteroatoms. The Kier molecular flexibility index (Phi) is 12.8. The van der Waals surface area contributed by atoms with Crippen LogP contribution in [0.15, 0.2) is 271 Å². The van der Waals surface area contributed by atoms with Crippen molar-refractivity contribution in [3.05, 3.63) is 294 Å². The van der Waals surface area contributed by atoms with E-state index in [4.69, 9.17) is 24.9 Å². The summed E-state index contributed by atoms with van der Waals surface area (Å²) in [6, 6.07) is 90.8. The van der Waals surface area contributed by atoms with Gasteiger partial charge in [0, 0.05) is 44.6 Å². The monoisotopic (exact) mass is 1030 g/mol. The summed E-state index contributed by atoms with van der Waals surface area (Å²) in [4.78, 5) is 25.8. The van der Waals surface area contributed by atoms with E-state index in [0.717, 1.165) is 93.0 Å². The Hall–Kier alpha value is -9.91. The van der Waals surface area contributed by atoms with Crippen molar-refractivity contribution in [3.8, 4) is 62.1 Å². The number of allylic oxidation sites excluding steroid dienone is 1. The van der Waals surface area contributed by atoms with Crippen LogP contribution in [0.3, 0.4) is 0 Å². The van der Waals surface area contributed by atoms with Gasteiger partial charge in [-0.3, -0.25) is 0 Å². The minimum Gasteiger partial charge on any atom is -0.309 e. The maximum absolute atomic E-state index is 5.41. The molecule has 14 rings (SSSR count). The van der Waals surface area contributed by atoms with Gasteiger partial charge in [-0.1, -0.05) is 225 Å². The Morgan fingerprint density at radius 3 is 1.76 bits per heavy atom. The van der Waals surface area contributed by atoms with Crippen molar-refractivity contribution in [2.24, 2.45) is 15.9 Å². The van der Waals surface area contributed by atoms with E-state index < -0.39 is 0 Å². The third kappa shape index (κ3) is 9.45. The molecule has 0 spiro atoms. The quantitative estimate of drug-likeness (QED) is 0.130. The third-order valence-electron chi connectivity index (χ3n) is 16.0. The normalized spacial score (nSPS) is 15.0. The molecule has 0 saturated carbocycles. The van der Waals surface area contributed by atoms with Crippen LogP contribution in [0.1, 0.15) is 59.1 Å². The van der Waals surface area contributed by atoms with Gasteiger partial charge in [-0.15, -0.1) is 0 Å². The fraction of sp³-hybridized carbons (Fsp3) is 0.0946. The molecule has 0 fully saturated rings. The molecular weight excluding hydrogens is 973 g/mol. The van der Waals surface area contributed by atoms with E-state index in [2.05, 4.69) is 212 Å². The topological polar surface area (TPSA) is 68.3 Å². The number of rotatable bonds is 11. The molecular formula is C74H56N6. The Morgan fingerprint density at radius 2 is 1.01 bits per heavy atom. The zero-order valence-corrected chi connectivity index (χ0v) is 44.5. The molecule has 0 N–H and O–H groups in total. The number of aryl methyl sites for hydroxylation is 1. The molecule has 2 aromatic heterocycles. The fourth-order valence-electron chi connectivity index (χ4n) is 12.0. The van der Waals surface area contributed by atoms with Gasteiger partial charge in [-0.2, -0.15) is 0 Å². The number of hydrogen-bond donors (Lipinski definition) is 0. The maximum atomic E-state index is 5.41. The lowest BCUT2D eigenvalue weighted by Gasteiger charge is -2.29. The summed E-state index contributed by atoms with van der Waals surface area (Å²) in [6.07, 6.45) is 6.10. The second-order valence-electron chi connectivity index (χ2n) is 21.2. The molecule has 6 nitrogen and oxygen atoms in total. The number of aliphatic imine (C=N–C) groups is 2. The second-order valence-corrected chi connectivity index (χ2v) is 21.2. The lowest BCUT2D eigenvalue weighted by molar-refractivity contribution is 0.616. The van der Waals surface area contributed by atoms with E-state index >= 15 is 0 Å². The molecule has 0 bridgehead atoms. The van der Waals surface area contributed by atoms with E-state index in [9.17, 15) is 0 Å². The smallest absolute Gasteiger partial charge is 0.164 e. The first-order valence-corrected chi connectivity index (χ1v) is 27.9. The van der Waals surface area contributed by atoms with Crippen LogP contribution in [0.25, 0.3) is 89.6 Å². The standard InChI is InChI=1S/C74H56N6/c1-49-36-42-67(51-21-6-2-7-22-51)75-73(76-70(49)52-23-8-3-9-24-52)59-30-18-20-50(44-59)37-38-58-45-57-29-14-15-33-62(57)65-47-55(39-41-63(58)65)56-40-43-69-66(48-56)64-34-16-17-35-68(64)80(69)61-32-19-31-60(46-61)74-78-71(53-25-10-4-11-26-53)77-72(79-74)54-27-12-5-13-28-54/h2-35,39-44,46-49,58H,36-38,45H2,1H3. The number of benzene rings is 10. The van der Waals surface area contributed by atoms with Crippen molar-refractivity contribution >= 4 is 39.1 Å². The summed E-state index contributed by atoms with van der Waals surface area (Å²) in [5, 5.41) is 2.40. The Labute approximate surface area is 466 Å². The van der Waals surface area contributed by atoms with Gasteiger partial charge in [0.05, 0.1) is 22.4 Å². The van der Waals surface area contributed by atoms with Crippen molar-refractivity contribution in [2.75, 3.05) is 0 Å². The highest BCUT2D eigenvalue weighted by atomic mass is 15.0. The predicted octanol–water partition coefficient (Wildman–Crippen LogP) is 17.9. The summed E-state index contributed by atoms with van der Waals surface area (Å²) in [7, 11) is 0. The SMILES string of the molecule is CC1CC=C(c2ccccc2)N=C(c2cccc(CCC3Cc4ccccc4-c4cc(-c5ccc6c(c5)c5ccccc5n6-c5cccc(-c6nc(-c7ccccc7)nc(-c7ccccc7)n6)c5)ccc43)c2)N=C1c1ccccc1. The van der Waals surface area contributed by atoms with Gasteiger partial charge in [0.1, 0.15) is 0 Å². The Bertz CT molecular complexity index is 4310. The first kappa shape index (κ1) is 48.5. The highest BCUT2D eigenvalue weighted by Crippen LogP contribution is 2.44. The van der Waals surface area contributed by atoms with Gasteiger partial charge >= 0.3 is 0 Å². The average molecular weight is 1030 g/mol. The lowest BCUT2D eigenvalue weighted by atomic mass is 9.75. The highest BCUT2D eigenvalue weighted by molar-refractivity contribution is 6.15. The van der Waals surface area contributed by atoms with Crippen LogP contribution in [0.2, 0.25) is 0 Å². The highest BCUT2D eigenvalue weighted by Gasteiger charge is 2.26. The zero-order chi connectivity index (χ0) is 53.4. The average Bonchev–Trinajstić information content (AvgIpc) is 3.88. The summed E-state index contributed by atoms with van der Waals surface area (Å²) >= 11 is 0. The molecule has 2 aliphatic rings. The second kappa shape index (κ2) is 21.1. The van der Waals surface area contributed by atoms with Crippen molar-refractivity contribution in [3.63, 3.8) is 0 Å². The Balaban J connectivity index is 0.784. The van der Waals surface area contributed by atoms with Crippen molar-refractivity contribution < 1.29 is 0 Å². The zero-order valence-electron chi connectivity index (χ0n) is 44.5. The first-order valence-electron chi connectivity index (χ1n) is 27.9. The summed E-state index contributed by atoms with van der Waals surface area (Å²) < 4.78 is 2.37. The van der Waals surface area contributed by atoms with Crippen LogP contribution < -0.4 is 0 Å². The minimum atomic E-state index is 0.221. The van der Waals surface area contributed by atoms with E-state index in [-0.39, 0.29) is 5.92 Å². The van der Waals surface area contributed by atoms with Crippen molar-refractivity contribution in [1.82, 2.24) is 19.5 Å². The van der Waals surface area contributed by atoms with Crippen LogP contribution in [-0.4, -0.2) is 31.1 Å². The van der Waals surface area contributed by atoms with Crippen LogP contribution in [0.4, 0.5) is 0 Å². The molecule has 1 aliphatic heterocycles. The number of hydrogen-bond acceptors (Lipinski definition) is 5. The van der Waals surface area contributed by atoms with E-state index in [1.165, 1.54) is 49.7 Å². The summed E-state index contributed by atoms with van der Waals surface area (Å²) in [5.41, 5.74) is 20.6. The van der Waals surface area contributed by atoms with Gasteiger partial charge in [0.25, 0.3) is 0 Å². The van der Waals surface area contributed by atoms with Gasteiger partial charge < -0.3 is 4.57 Å². The number of amidine groups is 1. The van der Waals surface area contributed by atoms with Crippen LogP contribution in [0.5, 0.6) is 0 Å². The molecule has 80 heavy (non-hydrogen) atoms. The largest absolute Gasteiger partial charge is 0.309 e. The molecule has 382 valence electrons. The van der Waals surface area contributed by atoms with Crippen molar-refractivity contribution in [1.29, 1.82) is 0 Å². The van der Waals surface area contributed by atoms with Crippen LogP contribution in [-0.2, 0) is 12.8 Å². The molecule has 1 aliphatic carbocycles. The van der Waals surface area contributed by atoms with Gasteiger partial charge in [-0.25, -0.2) is 24.9 Å². The predicted molar refractivity (Wildman–Crippen MR) is 330 cm³/mol. The molecule has 2 atom stereocenters. The van der Waals surface area contributed by atoms with Gasteiger partial charge in [0.15, 0.2) is 23.3 Å². The van der Waals surface area contributed by atoms with Crippen LogP contribution >= 0.6 is 0 Å². The summed E-state index contributed by atoms with van der Waals surface area (Å²) in [6.45, 7) is 2.27.